The Hall–Kier alpha value is -0.980. The van der Waals surface area contributed by atoms with E-state index in [4.69, 9.17) is 14.5 Å². The summed E-state index contributed by atoms with van der Waals surface area (Å²) in [6, 6.07) is 0.398. The van der Waals surface area contributed by atoms with Gasteiger partial charge in [-0.25, -0.2) is 0 Å². The second-order valence-electron chi connectivity index (χ2n) is 7.42. The Labute approximate surface area is 191 Å². The Kier molecular flexibility index (Phi) is 11.2. The molecule has 3 heterocycles. The van der Waals surface area contributed by atoms with Crippen molar-refractivity contribution in [3.8, 4) is 0 Å². The zero-order valence-corrected chi connectivity index (χ0v) is 20.0. The summed E-state index contributed by atoms with van der Waals surface area (Å²) in [4.78, 5) is 7.28. The molecule has 0 aliphatic carbocycles. The van der Waals surface area contributed by atoms with Gasteiger partial charge < -0.3 is 24.7 Å². The standard InChI is InChI=1S/C19H35N7O2.HI/c1-3-18-24-23-15-26(18)7-6-20-19(22-14-17-5-4-10-28-17)21-13-16(2)25-8-11-27-12-9-25;/h15-17H,3-14H2,1-2H3,(H2,20,21,22);1H. The lowest BCUT2D eigenvalue weighted by molar-refractivity contribution is 0.0220. The number of aromatic nitrogens is 3. The lowest BCUT2D eigenvalue weighted by Crippen LogP contribution is -2.45. The molecule has 29 heavy (non-hydrogen) atoms. The highest BCUT2D eigenvalue weighted by atomic mass is 127. The number of rotatable bonds is 9. The van der Waals surface area contributed by atoms with Crippen LogP contribution in [-0.2, 0) is 22.4 Å². The molecule has 1 aromatic heterocycles. The Balaban J connectivity index is 0.00000300. The van der Waals surface area contributed by atoms with Gasteiger partial charge in [-0.2, -0.15) is 0 Å². The largest absolute Gasteiger partial charge is 0.379 e. The second kappa shape index (κ2) is 13.3. The van der Waals surface area contributed by atoms with Crippen LogP contribution in [0.4, 0.5) is 0 Å². The number of hydrogen-bond acceptors (Lipinski definition) is 6. The highest BCUT2D eigenvalue weighted by molar-refractivity contribution is 14.0. The molecule has 0 spiro atoms. The van der Waals surface area contributed by atoms with Crippen LogP contribution >= 0.6 is 24.0 Å². The lowest BCUT2D eigenvalue weighted by Gasteiger charge is -2.31. The minimum absolute atomic E-state index is 0. The average Bonchev–Trinajstić information content (AvgIpc) is 3.41. The van der Waals surface area contributed by atoms with Crippen molar-refractivity contribution in [3.05, 3.63) is 12.2 Å². The van der Waals surface area contributed by atoms with Crippen molar-refractivity contribution < 1.29 is 9.47 Å². The van der Waals surface area contributed by atoms with E-state index >= 15 is 0 Å². The number of halogens is 1. The van der Waals surface area contributed by atoms with E-state index in [1.54, 1.807) is 6.33 Å². The molecule has 1 aromatic rings. The van der Waals surface area contributed by atoms with Crippen LogP contribution in [0.15, 0.2) is 11.3 Å². The topological polar surface area (TPSA) is 88.8 Å². The van der Waals surface area contributed by atoms with E-state index in [0.29, 0.717) is 6.04 Å². The number of hydrogen-bond donors (Lipinski definition) is 2. The van der Waals surface area contributed by atoms with Crippen molar-refractivity contribution >= 4 is 29.9 Å². The van der Waals surface area contributed by atoms with Crippen LogP contribution in [0.2, 0.25) is 0 Å². The first-order chi connectivity index (χ1) is 13.8. The summed E-state index contributed by atoms with van der Waals surface area (Å²) >= 11 is 0. The zero-order chi connectivity index (χ0) is 19.6. The molecule has 2 aliphatic rings. The van der Waals surface area contributed by atoms with Gasteiger partial charge >= 0.3 is 0 Å². The summed E-state index contributed by atoms with van der Waals surface area (Å²) < 4.78 is 13.3. The van der Waals surface area contributed by atoms with Crippen molar-refractivity contribution in [3.63, 3.8) is 0 Å². The van der Waals surface area contributed by atoms with Crippen LogP contribution in [0.5, 0.6) is 0 Å². The van der Waals surface area contributed by atoms with Gasteiger partial charge in [-0.3, -0.25) is 9.89 Å². The van der Waals surface area contributed by atoms with E-state index in [1.807, 2.05) is 0 Å². The van der Waals surface area contributed by atoms with Gasteiger partial charge in [-0.1, -0.05) is 6.92 Å². The molecule has 2 saturated heterocycles. The maximum absolute atomic E-state index is 5.73. The fraction of sp³-hybridized carbons (Fsp3) is 0.842. The molecule has 10 heteroatoms. The van der Waals surface area contributed by atoms with Crippen molar-refractivity contribution in [2.75, 3.05) is 52.5 Å². The minimum atomic E-state index is 0. The van der Waals surface area contributed by atoms with E-state index in [0.717, 1.165) is 90.1 Å². The molecule has 3 rings (SSSR count). The number of ether oxygens (including phenoxy) is 2. The molecular formula is C19H36IN7O2. The molecule has 2 fully saturated rings. The van der Waals surface area contributed by atoms with E-state index in [1.165, 1.54) is 0 Å². The van der Waals surface area contributed by atoms with Crippen molar-refractivity contribution in [2.24, 2.45) is 4.99 Å². The monoisotopic (exact) mass is 521 g/mol. The van der Waals surface area contributed by atoms with E-state index < -0.39 is 0 Å². The predicted octanol–water partition coefficient (Wildman–Crippen LogP) is 0.893. The number of aliphatic imine (C=N–C) groups is 1. The lowest BCUT2D eigenvalue weighted by atomic mass is 10.2. The smallest absolute Gasteiger partial charge is 0.191 e. The van der Waals surface area contributed by atoms with Crippen LogP contribution in [-0.4, -0.2) is 90.3 Å². The van der Waals surface area contributed by atoms with Crippen LogP contribution < -0.4 is 10.6 Å². The Morgan fingerprint density at radius 1 is 1.31 bits per heavy atom. The maximum Gasteiger partial charge on any atom is 0.191 e. The zero-order valence-electron chi connectivity index (χ0n) is 17.7. The molecular weight excluding hydrogens is 485 g/mol. The first-order valence-corrected chi connectivity index (χ1v) is 10.6. The van der Waals surface area contributed by atoms with Gasteiger partial charge in [0, 0.05) is 51.8 Å². The van der Waals surface area contributed by atoms with Gasteiger partial charge in [0.2, 0.25) is 0 Å². The Bertz CT molecular complexity index is 601. The fourth-order valence-corrected chi connectivity index (χ4v) is 3.58. The van der Waals surface area contributed by atoms with Crippen molar-refractivity contribution in [1.82, 2.24) is 30.3 Å². The van der Waals surface area contributed by atoms with Crippen LogP contribution in [0, 0.1) is 0 Å². The number of morpholine rings is 1. The molecule has 0 saturated carbocycles. The Morgan fingerprint density at radius 3 is 2.86 bits per heavy atom. The van der Waals surface area contributed by atoms with E-state index in [2.05, 4.69) is 44.1 Å². The quantitative estimate of drug-likeness (QED) is 0.284. The third-order valence-electron chi connectivity index (χ3n) is 5.36. The van der Waals surface area contributed by atoms with E-state index in [-0.39, 0.29) is 30.1 Å². The molecule has 0 amide bonds. The van der Waals surface area contributed by atoms with E-state index in [9.17, 15) is 0 Å². The third-order valence-corrected chi connectivity index (χ3v) is 5.36. The first-order valence-electron chi connectivity index (χ1n) is 10.6. The van der Waals surface area contributed by atoms with Crippen LogP contribution in [0.25, 0.3) is 0 Å². The van der Waals surface area contributed by atoms with Gasteiger partial charge in [0.15, 0.2) is 5.96 Å². The Morgan fingerprint density at radius 2 is 2.14 bits per heavy atom. The average molecular weight is 521 g/mol. The van der Waals surface area contributed by atoms with Crippen LogP contribution in [0.1, 0.15) is 32.5 Å². The summed E-state index contributed by atoms with van der Waals surface area (Å²) in [7, 11) is 0. The summed E-state index contributed by atoms with van der Waals surface area (Å²) in [6.07, 6.45) is 5.22. The highest BCUT2D eigenvalue weighted by Crippen LogP contribution is 2.10. The predicted molar refractivity (Wildman–Crippen MR) is 124 cm³/mol. The number of nitrogens with one attached hydrogen (secondary N) is 2. The molecule has 166 valence electrons. The summed E-state index contributed by atoms with van der Waals surface area (Å²) in [5, 5.41) is 15.1. The normalized spacial score (nSPS) is 21.6. The molecule has 2 aliphatic heterocycles. The molecule has 2 N–H and O–H groups in total. The number of nitrogens with zero attached hydrogens (tertiary/aromatic N) is 5. The second-order valence-corrected chi connectivity index (χ2v) is 7.42. The summed E-state index contributed by atoms with van der Waals surface area (Å²) in [5.41, 5.74) is 0. The van der Waals surface area contributed by atoms with Gasteiger partial charge in [0.1, 0.15) is 12.2 Å². The van der Waals surface area contributed by atoms with Gasteiger partial charge in [-0.05, 0) is 19.8 Å². The summed E-state index contributed by atoms with van der Waals surface area (Å²) in [5.74, 6) is 1.86. The molecule has 0 radical (unpaired) electrons. The molecule has 0 bridgehead atoms. The maximum atomic E-state index is 5.73. The minimum Gasteiger partial charge on any atom is -0.379 e. The van der Waals surface area contributed by atoms with Gasteiger partial charge in [-0.15, -0.1) is 34.2 Å². The molecule has 9 nitrogen and oxygen atoms in total. The molecule has 2 atom stereocenters. The third kappa shape index (κ3) is 7.99. The first kappa shape index (κ1) is 24.3. The number of aryl methyl sites for hydroxylation is 1. The highest BCUT2D eigenvalue weighted by Gasteiger charge is 2.18. The van der Waals surface area contributed by atoms with Crippen LogP contribution in [0.3, 0.4) is 0 Å². The molecule has 0 aromatic carbocycles. The number of guanidine groups is 1. The van der Waals surface area contributed by atoms with Crippen molar-refractivity contribution in [2.45, 2.75) is 51.8 Å². The molecule has 2 unspecified atom stereocenters. The van der Waals surface area contributed by atoms with Crippen molar-refractivity contribution in [1.29, 1.82) is 0 Å². The fourth-order valence-electron chi connectivity index (χ4n) is 3.58. The van der Waals surface area contributed by atoms with Gasteiger partial charge in [0.25, 0.3) is 0 Å². The van der Waals surface area contributed by atoms with Gasteiger partial charge in [0.05, 0.1) is 25.9 Å². The summed E-state index contributed by atoms with van der Waals surface area (Å²) in [6.45, 7) is 11.9. The SMILES string of the molecule is CCc1nncn1CCNC(=NCC(C)N1CCOCC1)NCC1CCCO1.I.